The second kappa shape index (κ2) is 9.14. The lowest BCUT2D eigenvalue weighted by Crippen LogP contribution is -2.72. The van der Waals surface area contributed by atoms with E-state index in [0.29, 0.717) is 38.3 Å². The lowest BCUT2D eigenvalue weighted by Gasteiger charge is -2.59. The van der Waals surface area contributed by atoms with Gasteiger partial charge in [0.25, 0.3) is 5.60 Å². The van der Waals surface area contributed by atoms with Gasteiger partial charge in [0.1, 0.15) is 11.6 Å². The molecule has 2 aliphatic heterocycles. The first kappa shape index (κ1) is 28.7. The first-order valence-corrected chi connectivity index (χ1v) is 13.3. The van der Waals surface area contributed by atoms with Crippen LogP contribution >= 0.6 is 0 Å². The Kier molecular flexibility index (Phi) is 6.90. The van der Waals surface area contributed by atoms with E-state index in [1.165, 1.54) is 11.2 Å². The standard InChI is InChI=1S/C24H24F8N2O3S/c1-3-17-19(14-4-6-16(7-5-14)22(35,23(27,28)29)24(30,31)32)18(25)8-15(20(17)26)9-33-10-21(11-33)12-34(13-21)38(2,36)37/h4-8,35H,3,9-13H2,1-2H3. The summed E-state index contributed by atoms with van der Waals surface area (Å²) in [6.45, 7) is 3.26. The van der Waals surface area contributed by atoms with Crippen molar-refractivity contribution in [1.82, 2.24) is 9.21 Å². The molecule has 210 valence electrons. The van der Waals surface area contributed by atoms with Gasteiger partial charge in [0, 0.05) is 54.8 Å². The molecule has 0 radical (unpaired) electrons. The minimum atomic E-state index is -6.07. The van der Waals surface area contributed by atoms with Crippen molar-refractivity contribution in [3.05, 3.63) is 58.7 Å². The molecule has 4 rings (SSSR count). The van der Waals surface area contributed by atoms with Crippen LogP contribution in [0.15, 0.2) is 30.3 Å². The zero-order chi connectivity index (χ0) is 28.5. The van der Waals surface area contributed by atoms with Crippen LogP contribution in [0.1, 0.15) is 23.6 Å². The van der Waals surface area contributed by atoms with Gasteiger partial charge in [-0.3, -0.25) is 4.90 Å². The lowest BCUT2D eigenvalue weighted by atomic mass is 9.74. The second-order valence-electron chi connectivity index (χ2n) is 10.00. The molecule has 1 spiro atoms. The highest BCUT2D eigenvalue weighted by Crippen LogP contribution is 2.50. The molecule has 2 heterocycles. The summed E-state index contributed by atoms with van der Waals surface area (Å²) >= 11 is 0. The Morgan fingerprint density at radius 1 is 0.947 bits per heavy atom. The number of nitrogens with zero attached hydrogens (tertiary/aromatic N) is 2. The van der Waals surface area contributed by atoms with Crippen LogP contribution in [-0.2, 0) is 28.6 Å². The summed E-state index contributed by atoms with van der Waals surface area (Å²) in [6, 6.07) is 3.27. The van der Waals surface area contributed by atoms with Crippen molar-refractivity contribution in [3.8, 4) is 11.1 Å². The second-order valence-corrected chi connectivity index (χ2v) is 12.0. The lowest BCUT2D eigenvalue weighted by molar-refractivity contribution is -0.376. The maximum Gasteiger partial charge on any atom is 0.430 e. The van der Waals surface area contributed by atoms with Crippen molar-refractivity contribution in [2.75, 3.05) is 32.4 Å². The summed E-state index contributed by atoms with van der Waals surface area (Å²) in [5.74, 6) is -1.66. The monoisotopic (exact) mass is 572 g/mol. The Bertz CT molecular complexity index is 1310. The predicted octanol–water partition coefficient (Wildman–Crippen LogP) is 4.58. The maximum absolute atomic E-state index is 15.4. The average molecular weight is 573 g/mol. The maximum atomic E-state index is 15.4. The first-order chi connectivity index (χ1) is 17.3. The molecule has 2 aromatic rings. The van der Waals surface area contributed by atoms with Gasteiger partial charge in [-0.25, -0.2) is 21.5 Å². The van der Waals surface area contributed by atoms with E-state index in [1.54, 1.807) is 0 Å². The molecule has 0 amide bonds. The SMILES string of the molecule is CCc1c(F)c(CN2CC3(C2)CN(S(C)(=O)=O)C3)cc(F)c1-c1ccc(C(O)(C(F)(F)F)C(F)(F)F)cc1. The molecule has 0 unspecified atom stereocenters. The van der Waals surface area contributed by atoms with Crippen LogP contribution in [0.4, 0.5) is 35.1 Å². The third kappa shape index (κ3) is 4.69. The first-order valence-electron chi connectivity index (χ1n) is 11.5. The van der Waals surface area contributed by atoms with Crippen molar-refractivity contribution < 1.29 is 48.6 Å². The third-order valence-corrected chi connectivity index (χ3v) is 8.35. The van der Waals surface area contributed by atoms with E-state index in [2.05, 4.69) is 0 Å². The zero-order valence-corrected chi connectivity index (χ0v) is 21.0. The van der Waals surface area contributed by atoms with Gasteiger partial charge >= 0.3 is 12.4 Å². The van der Waals surface area contributed by atoms with Crippen LogP contribution in [0.3, 0.4) is 0 Å². The summed E-state index contributed by atoms with van der Waals surface area (Å²) in [7, 11) is -3.29. The molecule has 0 aromatic heterocycles. The van der Waals surface area contributed by atoms with Crippen LogP contribution in [0.5, 0.6) is 0 Å². The summed E-state index contributed by atoms with van der Waals surface area (Å²) in [5.41, 5.74) is -7.39. The number of sulfonamides is 1. The van der Waals surface area contributed by atoms with Gasteiger partial charge < -0.3 is 5.11 Å². The molecule has 0 atom stereocenters. The molecule has 1 N–H and O–H groups in total. The molecule has 2 fully saturated rings. The van der Waals surface area contributed by atoms with E-state index in [1.807, 2.05) is 4.90 Å². The molecule has 14 heteroatoms. The Labute approximate surface area is 213 Å². The van der Waals surface area contributed by atoms with Gasteiger partial charge in [-0.1, -0.05) is 31.2 Å². The number of likely N-dealkylation sites (tertiary alicyclic amines) is 1. The fourth-order valence-corrected chi connectivity index (χ4v) is 6.27. The minimum absolute atomic E-state index is 0.0179. The quantitative estimate of drug-likeness (QED) is 0.515. The topological polar surface area (TPSA) is 60.9 Å². The zero-order valence-electron chi connectivity index (χ0n) is 20.2. The smallest absolute Gasteiger partial charge is 0.369 e. The number of alkyl halides is 6. The largest absolute Gasteiger partial charge is 0.430 e. The fraction of sp³-hybridized carbons (Fsp3) is 0.500. The van der Waals surface area contributed by atoms with E-state index < -0.39 is 45.2 Å². The van der Waals surface area contributed by atoms with E-state index in [9.17, 15) is 39.9 Å². The minimum Gasteiger partial charge on any atom is -0.369 e. The Morgan fingerprint density at radius 2 is 1.47 bits per heavy atom. The number of rotatable bonds is 6. The van der Waals surface area contributed by atoms with Crippen molar-refractivity contribution in [1.29, 1.82) is 0 Å². The number of hydrogen-bond donors (Lipinski definition) is 1. The molecule has 0 saturated carbocycles. The predicted molar refractivity (Wildman–Crippen MR) is 121 cm³/mol. The summed E-state index contributed by atoms with van der Waals surface area (Å²) in [6.07, 6.45) is -11.0. The summed E-state index contributed by atoms with van der Waals surface area (Å²) in [5, 5.41) is 9.56. The van der Waals surface area contributed by atoms with Crippen molar-refractivity contribution in [2.24, 2.45) is 5.41 Å². The van der Waals surface area contributed by atoms with Crippen LogP contribution < -0.4 is 0 Å². The van der Waals surface area contributed by atoms with Gasteiger partial charge in [-0.05, 0) is 23.6 Å². The molecule has 0 aliphatic carbocycles. The van der Waals surface area contributed by atoms with Gasteiger partial charge in [-0.15, -0.1) is 0 Å². The number of hydrogen-bond acceptors (Lipinski definition) is 4. The summed E-state index contributed by atoms with van der Waals surface area (Å²) < 4.78 is 134. The molecule has 5 nitrogen and oxygen atoms in total. The highest BCUT2D eigenvalue weighted by atomic mass is 32.2. The van der Waals surface area contributed by atoms with Gasteiger partial charge in [0.05, 0.1) is 6.26 Å². The fourth-order valence-electron chi connectivity index (χ4n) is 5.25. The van der Waals surface area contributed by atoms with Gasteiger partial charge in [-0.2, -0.15) is 26.3 Å². The number of benzene rings is 2. The molecule has 2 saturated heterocycles. The van der Waals surface area contributed by atoms with Crippen LogP contribution in [-0.4, -0.2) is 67.5 Å². The number of aliphatic hydroxyl groups is 1. The van der Waals surface area contributed by atoms with Crippen molar-refractivity contribution in [2.45, 2.75) is 37.8 Å². The van der Waals surface area contributed by atoms with E-state index in [-0.39, 0.29) is 40.6 Å². The molecular weight excluding hydrogens is 548 g/mol. The molecular formula is C24H24F8N2O3S. The average Bonchev–Trinajstić information content (AvgIpc) is 2.73. The Balaban J connectivity index is 1.58. The van der Waals surface area contributed by atoms with E-state index in [0.717, 1.165) is 24.5 Å². The highest BCUT2D eigenvalue weighted by Gasteiger charge is 2.71. The van der Waals surface area contributed by atoms with Crippen LogP contribution in [0.2, 0.25) is 0 Å². The molecule has 0 bridgehead atoms. The highest BCUT2D eigenvalue weighted by molar-refractivity contribution is 7.88. The van der Waals surface area contributed by atoms with E-state index >= 15 is 8.78 Å². The third-order valence-electron chi connectivity index (χ3n) is 7.16. The molecule has 38 heavy (non-hydrogen) atoms. The molecule has 2 aromatic carbocycles. The summed E-state index contributed by atoms with van der Waals surface area (Å²) in [4.78, 5) is 1.83. The van der Waals surface area contributed by atoms with Crippen molar-refractivity contribution >= 4 is 10.0 Å². The molecule has 2 aliphatic rings. The van der Waals surface area contributed by atoms with E-state index in [4.69, 9.17) is 0 Å². The normalized spacial score (nSPS) is 18.9. The van der Waals surface area contributed by atoms with Crippen molar-refractivity contribution in [3.63, 3.8) is 0 Å². The van der Waals surface area contributed by atoms with Gasteiger partial charge in [0.15, 0.2) is 0 Å². The van der Waals surface area contributed by atoms with Crippen LogP contribution in [0, 0.1) is 17.0 Å². The Hall–Kier alpha value is -2.29. The number of halogens is 8. The Morgan fingerprint density at radius 3 is 1.92 bits per heavy atom. The van der Waals surface area contributed by atoms with Crippen LogP contribution in [0.25, 0.3) is 11.1 Å². The van der Waals surface area contributed by atoms with Gasteiger partial charge in [0.2, 0.25) is 10.0 Å².